The number of anilines is 1. The fraction of sp³-hybridized carbons (Fsp3) is 0.235. The van der Waals surface area contributed by atoms with E-state index in [1.807, 2.05) is 42.5 Å². The number of hydrogen-bond donors (Lipinski definition) is 2. The summed E-state index contributed by atoms with van der Waals surface area (Å²) < 4.78 is 0. The lowest BCUT2D eigenvalue weighted by molar-refractivity contribution is -0.121. The van der Waals surface area contributed by atoms with Crippen LogP contribution >= 0.6 is 11.6 Å². The summed E-state index contributed by atoms with van der Waals surface area (Å²) in [7, 11) is 0. The van der Waals surface area contributed by atoms with E-state index in [0.29, 0.717) is 5.02 Å². The van der Waals surface area contributed by atoms with Gasteiger partial charge in [0.25, 0.3) is 0 Å². The number of benzene rings is 2. The van der Waals surface area contributed by atoms with Gasteiger partial charge in [-0.25, -0.2) is 0 Å². The van der Waals surface area contributed by atoms with E-state index < -0.39 is 5.41 Å². The van der Waals surface area contributed by atoms with Crippen LogP contribution in [-0.4, -0.2) is 12.5 Å². The number of para-hydroxylation sites is 1. The van der Waals surface area contributed by atoms with Crippen LogP contribution in [0.5, 0.6) is 0 Å². The van der Waals surface area contributed by atoms with Gasteiger partial charge in [-0.15, -0.1) is 0 Å². The second-order valence-corrected chi connectivity index (χ2v) is 6.10. The van der Waals surface area contributed by atoms with Crippen LogP contribution in [0.2, 0.25) is 5.02 Å². The molecule has 3 nitrogen and oxygen atoms in total. The number of carbonyl (C=O) groups excluding carboxylic acids is 1. The van der Waals surface area contributed by atoms with Crippen molar-refractivity contribution in [2.45, 2.75) is 17.9 Å². The number of rotatable bonds is 1. The molecule has 1 fully saturated rings. The quantitative estimate of drug-likeness (QED) is 0.848. The summed E-state index contributed by atoms with van der Waals surface area (Å²) in [6.07, 6.45) is 0.809. The SMILES string of the molecule is O=C1Nc2ccccc2[C@]12CCN[C@H]2c1ccc(Cl)cc1. The predicted octanol–water partition coefficient (Wildman–Crippen LogP) is 3.26. The molecule has 2 N–H and O–H groups in total. The Morgan fingerprint density at radius 3 is 2.67 bits per heavy atom. The van der Waals surface area contributed by atoms with Crippen molar-refractivity contribution in [2.75, 3.05) is 11.9 Å². The van der Waals surface area contributed by atoms with Gasteiger partial charge < -0.3 is 10.6 Å². The predicted molar refractivity (Wildman–Crippen MR) is 83.6 cm³/mol. The lowest BCUT2D eigenvalue weighted by Crippen LogP contribution is -2.39. The van der Waals surface area contributed by atoms with Crippen LogP contribution in [0.1, 0.15) is 23.6 Å². The van der Waals surface area contributed by atoms with Gasteiger partial charge in [0.1, 0.15) is 0 Å². The average molecular weight is 299 g/mol. The van der Waals surface area contributed by atoms with Gasteiger partial charge in [-0.05, 0) is 42.3 Å². The molecule has 0 saturated carbocycles. The first-order chi connectivity index (χ1) is 10.2. The number of nitrogens with one attached hydrogen (secondary N) is 2. The molecule has 0 radical (unpaired) electrons. The molecule has 0 bridgehead atoms. The van der Waals surface area contributed by atoms with Crippen LogP contribution in [0.3, 0.4) is 0 Å². The highest BCUT2D eigenvalue weighted by Crippen LogP contribution is 2.50. The molecule has 106 valence electrons. The van der Waals surface area contributed by atoms with Crippen molar-refractivity contribution >= 4 is 23.2 Å². The number of amides is 1. The molecular formula is C17H15ClN2O. The molecule has 1 spiro atoms. The van der Waals surface area contributed by atoms with E-state index in [9.17, 15) is 4.79 Å². The van der Waals surface area contributed by atoms with Crippen LogP contribution in [0, 0.1) is 0 Å². The van der Waals surface area contributed by atoms with Gasteiger partial charge in [-0.1, -0.05) is 41.9 Å². The lowest BCUT2D eigenvalue weighted by atomic mass is 9.73. The fourth-order valence-corrected chi connectivity index (χ4v) is 3.79. The summed E-state index contributed by atoms with van der Waals surface area (Å²) in [6.45, 7) is 0.828. The smallest absolute Gasteiger partial charge is 0.237 e. The molecule has 2 aromatic carbocycles. The van der Waals surface area contributed by atoms with Crippen molar-refractivity contribution < 1.29 is 4.79 Å². The highest BCUT2D eigenvalue weighted by molar-refractivity contribution is 6.30. The van der Waals surface area contributed by atoms with Gasteiger partial charge in [0, 0.05) is 10.7 Å². The molecule has 0 aliphatic carbocycles. The maximum atomic E-state index is 12.7. The normalized spacial score (nSPS) is 26.9. The van der Waals surface area contributed by atoms with Crippen LogP contribution in [-0.2, 0) is 10.2 Å². The highest BCUT2D eigenvalue weighted by atomic mass is 35.5. The second-order valence-electron chi connectivity index (χ2n) is 5.66. The zero-order chi connectivity index (χ0) is 14.4. The summed E-state index contributed by atoms with van der Waals surface area (Å²) in [5.74, 6) is 0.0913. The van der Waals surface area contributed by atoms with Crippen LogP contribution in [0.25, 0.3) is 0 Å². The van der Waals surface area contributed by atoms with E-state index in [2.05, 4.69) is 16.7 Å². The molecule has 2 aromatic rings. The summed E-state index contributed by atoms with van der Waals surface area (Å²) in [6, 6.07) is 15.7. The summed E-state index contributed by atoms with van der Waals surface area (Å²) in [4.78, 5) is 12.7. The van der Waals surface area contributed by atoms with E-state index in [1.54, 1.807) is 0 Å². The number of halogens is 1. The maximum Gasteiger partial charge on any atom is 0.237 e. The van der Waals surface area contributed by atoms with Gasteiger partial charge in [0.05, 0.1) is 11.5 Å². The fourth-order valence-electron chi connectivity index (χ4n) is 3.66. The minimum atomic E-state index is -0.510. The third-order valence-corrected chi connectivity index (χ3v) is 4.88. The van der Waals surface area contributed by atoms with E-state index in [0.717, 1.165) is 29.8 Å². The average Bonchev–Trinajstić information content (AvgIpc) is 3.05. The summed E-state index contributed by atoms with van der Waals surface area (Å²) in [5, 5.41) is 7.24. The van der Waals surface area contributed by atoms with Crippen LogP contribution in [0.4, 0.5) is 5.69 Å². The Labute approximate surface area is 128 Å². The second kappa shape index (κ2) is 4.58. The molecule has 2 atom stereocenters. The van der Waals surface area contributed by atoms with Gasteiger partial charge in [0.2, 0.25) is 5.91 Å². The highest BCUT2D eigenvalue weighted by Gasteiger charge is 2.55. The monoisotopic (exact) mass is 298 g/mol. The Kier molecular flexibility index (Phi) is 2.81. The topological polar surface area (TPSA) is 41.1 Å². The molecular weight excluding hydrogens is 284 g/mol. The van der Waals surface area contributed by atoms with E-state index in [4.69, 9.17) is 11.6 Å². The number of hydrogen-bond acceptors (Lipinski definition) is 2. The molecule has 4 heteroatoms. The Morgan fingerprint density at radius 2 is 1.86 bits per heavy atom. The van der Waals surface area contributed by atoms with Crippen molar-refractivity contribution in [3.63, 3.8) is 0 Å². The number of carbonyl (C=O) groups is 1. The molecule has 21 heavy (non-hydrogen) atoms. The van der Waals surface area contributed by atoms with E-state index in [-0.39, 0.29) is 11.9 Å². The zero-order valence-corrected chi connectivity index (χ0v) is 12.2. The van der Waals surface area contributed by atoms with Crippen molar-refractivity contribution in [1.82, 2.24) is 5.32 Å². The molecule has 1 saturated heterocycles. The molecule has 4 rings (SSSR count). The largest absolute Gasteiger partial charge is 0.325 e. The van der Waals surface area contributed by atoms with Crippen LogP contribution in [0.15, 0.2) is 48.5 Å². The molecule has 0 unspecified atom stereocenters. The summed E-state index contributed by atoms with van der Waals surface area (Å²) in [5.41, 5.74) is 2.62. The van der Waals surface area contributed by atoms with Crippen LogP contribution < -0.4 is 10.6 Å². The van der Waals surface area contributed by atoms with Gasteiger partial charge >= 0.3 is 0 Å². The standard InChI is InChI=1S/C17H15ClN2O/c18-12-7-5-11(6-8-12)15-17(9-10-19-15)13-3-1-2-4-14(13)20-16(17)21/h1-8,15,19H,9-10H2,(H,20,21)/t15-,17-/m0/s1. The van der Waals surface area contributed by atoms with Gasteiger partial charge in [-0.2, -0.15) is 0 Å². The van der Waals surface area contributed by atoms with E-state index >= 15 is 0 Å². The zero-order valence-electron chi connectivity index (χ0n) is 11.4. The minimum absolute atomic E-state index is 0.0154. The number of fused-ring (bicyclic) bond motifs is 2. The Bertz CT molecular complexity index is 713. The Hall–Kier alpha value is -1.84. The molecule has 1 amide bonds. The molecule has 0 aromatic heterocycles. The van der Waals surface area contributed by atoms with Crippen molar-refractivity contribution in [3.8, 4) is 0 Å². The Balaban J connectivity index is 1.86. The molecule has 2 heterocycles. The Morgan fingerprint density at radius 1 is 1.10 bits per heavy atom. The first kappa shape index (κ1) is 12.9. The van der Waals surface area contributed by atoms with E-state index in [1.165, 1.54) is 0 Å². The minimum Gasteiger partial charge on any atom is -0.325 e. The molecule has 2 aliphatic rings. The lowest BCUT2D eigenvalue weighted by Gasteiger charge is -2.29. The summed E-state index contributed by atoms with van der Waals surface area (Å²) >= 11 is 5.98. The van der Waals surface area contributed by atoms with Crippen molar-refractivity contribution in [3.05, 3.63) is 64.7 Å². The van der Waals surface area contributed by atoms with Gasteiger partial charge in [0.15, 0.2) is 0 Å². The van der Waals surface area contributed by atoms with Gasteiger partial charge in [-0.3, -0.25) is 4.79 Å². The van der Waals surface area contributed by atoms with Crippen molar-refractivity contribution in [1.29, 1.82) is 0 Å². The first-order valence-electron chi connectivity index (χ1n) is 7.11. The molecule has 2 aliphatic heterocycles. The third kappa shape index (κ3) is 1.74. The van der Waals surface area contributed by atoms with Crippen molar-refractivity contribution in [2.24, 2.45) is 0 Å². The first-order valence-corrected chi connectivity index (χ1v) is 7.49. The maximum absolute atomic E-state index is 12.7. The third-order valence-electron chi connectivity index (χ3n) is 4.63.